The summed E-state index contributed by atoms with van der Waals surface area (Å²) in [6.45, 7) is 3.93. The summed E-state index contributed by atoms with van der Waals surface area (Å²) in [6, 6.07) is 13.1. The first-order valence-corrected chi connectivity index (χ1v) is 14.6. The van der Waals surface area contributed by atoms with Gasteiger partial charge >= 0.3 is 0 Å². The van der Waals surface area contributed by atoms with Crippen molar-refractivity contribution in [3.05, 3.63) is 64.7 Å². The molecule has 2 aromatic rings. The molecular formula is C29H33BrClN3O5. The number of para-hydroxylation sites is 1. The predicted octanol–water partition coefficient (Wildman–Crippen LogP) is 3.46. The lowest BCUT2D eigenvalue weighted by molar-refractivity contribution is -0.144. The van der Waals surface area contributed by atoms with Crippen LogP contribution in [0.2, 0.25) is 5.02 Å². The Morgan fingerprint density at radius 1 is 1.21 bits per heavy atom. The molecule has 3 aliphatic rings. The van der Waals surface area contributed by atoms with Crippen LogP contribution in [0, 0.1) is 18.8 Å². The molecule has 0 aliphatic carbocycles. The van der Waals surface area contributed by atoms with Gasteiger partial charge in [-0.05, 0) is 43.4 Å². The van der Waals surface area contributed by atoms with E-state index in [0.29, 0.717) is 30.1 Å². The van der Waals surface area contributed by atoms with Crippen LogP contribution < -0.4 is 10.6 Å². The minimum absolute atomic E-state index is 0.210. The smallest absolute Gasteiger partial charge is 0.250 e. The number of likely N-dealkylation sites (tertiary alicyclic amines) is 1. The van der Waals surface area contributed by atoms with Gasteiger partial charge in [-0.15, -0.1) is 0 Å². The van der Waals surface area contributed by atoms with Crippen LogP contribution in [0.5, 0.6) is 0 Å². The number of aliphatic hydroxyl groups excluding tert-OH is 1. The highest BCUT2D eigenvalue weighted by atomic mass is 79.9. The summed E-state index contributed by atoms with van der Waals surface area (Å²) < 4.78 is 6.54. The Bertz CT molecular complexity index is 1240. The SMILES string of the molecule is CCCNC(=O)[C@H]1[C@@H]2OC3(CC2Br)C(C(=O)Nc2c(C)cccc2Cl)N([C@@H](CO)Cc2ccccc2)C(=O)[C@H]13. The van der Waals surface area contributed by atoms with Gasteiger partial charge in [0.2, 0.25) is 17.7 Å². The molecule has 3 unspecified atom stereocenters. The summed E-state index contributed by atoms with van der Waals surface area (Å²) in [5, 5.41) is 16.8. The Labute approximate surface area is 241 Å². The van der Waals surface area contributed by atoms with Gasteiger partial charge in [-0.3, -0.25) is 14.4 Å². The van der Waals surface area contributed by atoms with Crippen molar-refractivity contribution in [3.63, 3.8) is 0 Å². The van der Waals surface area contributed by atoms with Crippen molar-refractivity contribution in [2.24, 2.45) is 11.8 Å². The third-order valence-electron chi connectivity index (χ3n) is 8.22. The fourth-order valence-electron chi connectivity index (χ4n) is 6.54. The molecule has 3 heterocycles. The molecule has 2 aromatic carbocycles. The van der Waals surface area contributed by atoms with Crippen molar-refractivity contribution in [1.29, 1.82) is 0 Å². The number of hydrogen-bond acceptors (Lipinski definition) is 5. The van der Waals surface area contributed by atoms with Gasteiger partial charge in [-0.2, -0.15) is 0 Å². The Morgan fingerprint density at radius 2 is 1.95 bits per heavy atom. The number of carbonyl (C=O) groups excluding carboxylic acids is 3. The van der Waals surface area contributed by atoms with Crippen LogP contribution >= 0.6 is 27.5 Å². The molecule has 3 fully saturated rings. The summed E-state index contributed by atoms with van der Waals surface area (Å²) in [6.07, 6.45) is 0.931. The number of nitrogens with one attached hydrogen (secondary N) is 2. The first kappa shape index (κ1) is 28.1. The van der Waals surface area contributed by atoms with Gasteiger partial charge in [-0.1, -0.05) is 76.9 Å². The number of halogens is 2. The number of ether oxygens (including phenoxy) is 1. The number of benzene rings is 2. The number of carbonyl (C=O) groups is 3. The number of amides is 3. The van der Waals surface area contributed by atoms with Crippen molar-refractivity contribution in [2.75, 3.05) is 18.5 Å². The van der Waals surface area contributed by atoms with E-state index in [1.807, 2.05) is 50.2 Å². The first-order chi connectivity index (χ1) is 18.7. The van der Waals surface area contributed by atoms with Crippen LogP contribution in [0.15, 0.2) is 48.5 Å². The number of alkyl halides is 1. The molecule has 2 bridgehead atoms. The summed E-state index contributed by atoms with van der Waals surface area (Å²) in [5.41, 5.74) is 0.921. The minimum Gasteiger partial charge on any atom is -0.394 e. The zero-order valence-corrected chi connectivity index (χ0v) is 24.2. The lowest BCUT2D eigenvalue weighted by atomic mass is 9.70. The lowest BCUT2D eigenvalue weighted by Crippen LogP contribution is -2.57. The van der Waals surface area contributed by atoms with Crippen molar-refractivity contribution in [3.8, 4) is 0 Å². The van der Waals surface area contributed by atoms with Gasteiger partial charge in [-0.25, -0.2) is 0 Å². The molecule has 3 saturated heterocycles. The number of fused-ring (bicyclic) bond motifs is 1. The molecule has 10 heteroatoms. The molecule has 3 N–H and O–H groups in total. The molecule has 3 amide bonds. The Kier molecular flexibility index (Phi) is 8.06. The van der Waals surface area contributed by atoms with E-state index < -0.39 is 41.5 Å². The summed E-state index contributed by atoms with van der Waals surface area (Å²) in [4.78, 5) is 43.1. The average molecular weight is 619 g/mol. The number of hydrogen-bond donors (Lipinski definition) is 3. The van der Waals surface area contributed by atoms with E-state index in [-0.39, 0.29) is 23.2 Å². The third kappa shape index (κ3) is 4.77. The monoisotopic (exact) mass is 617 g/mol. The van der Waals surface area contributed by atoms with Crippen molar-refractivity contribution < 1.29 is 24.2 Å². The number of nitrogens with zero attached hydrogens (tertiary/aromatic N) is 1. The fraction of sp³-hybridized carbons (Fsp3) is 0.483. The second kappa shape index (κ2) is 11.2. The highest BCUT2D eigenvalue weighted by molar-refractivity contribution is 9.09. The largest absolute Gasteiger partial charge is 0.394 e. The van der Waals surface area contributed by atoms with Crippen LogP contribution in [-0.4, -0.2) is 69.5 Å². The second-order valence-electron chi connectivity index (χ2n) is 10.6. The van der Waals surface area contributed by atoms with E-state index in [1.54, 1.807) is 12.1 Å². The van der Waals surface area contributed by atoms with Crippen LogP contribution in [-0.2, 0) is 25.5 Å². The van der Waals surface area contributed by atoms with E-state index in [4.69, 9.17) is 16.3 Å². The quantitative estimate of drug-likeness (QED) is 0.373. The molecule has 0 radical (unpaired) electrons. The predicted molar refractivity (Wildman–Crippen MR) is 152 cm³/mol. The number of aliphatic hydroxyl groups is 1. The topological polar surface area (TPSA) is 108 Å². The normalized spacial score (nSPS) is 29.8. The van der Waals surface area contributed by atoms with Crippen LogP contribution in [0.3, 0.4) is 0 Å². The van der Waals surface area contributed by atoms with Gasteiger partial charge in [0.1, 0.15) is 11.6 Å². The fourth-order valence-corrected chi connectivity index (χ4v) is 7.76. The Balaban J connectivity index is 1.57. The van der Waals surface area contributed by atoms with Gasteiger partial charge in [0.15, 0.2) is 0 Å². The molecule has 39 heavy (non-hydrogen) atoms. The molecular weight excluding hydrogens is 586 g/mol. The van der Waals surface area contributed by atoms with Crippen molar-refractivity contribution in [2.45, 2.75) is 61.7 Å². The van der Waals surface area contributed by atoms with Crippen molar-refractivity contribution in [1.82, 2.24) is 10.2 Å². The summed E-state index contributed by atoms with van der Waals surface area (Å²) in [5.74, 6) is -2.65. The molecule has 3 aliphatic heterocycles. The maximum absolute atomic E-state index is 14.3. The molecule has 7 atom stereocenters. The van der Waals surface area contributed by atoms with Gasteiger partial charge < -0.3 is 25.4 Å². The molecule has 0 saturated carbocycles. The highest BCUT2D eigenvalue weighted by Gasteiger charge is 2.77. The number of aryl methyl sites for hydroxylation is 1. The first-order valence-electron chi connectivity index (χ1n) is 13.4. The molecule has 1 spiro atoms. The van der Waals surface area contributed by atoms with Gasteiger partial charge in [0.25, 0.3) is 0 Å². The van der Waals surface area contributed by atoms with Crippen molar-refractivity contribution >= 4 is 50.9 Å². The molecule has 208 valence electrons. The number of rotatable bonds is 9. The van der Waals surface area contributed by atoms with Crippen LogP contribution in [0.1, 0.15) is 30.9 Å². The number of anilines is 1. The Morgan fingerprint density at radius 3 is 2.62 bits per heavy atom. The molecule has 5 rings (SSSR count). The van der Waals surface area contributed by atoms with Crippen LogP contribution in [0.4, 0.5) is 5.69 Å². The molecule has 8 nitrogen and oxygen atoms in total. The Hall–Kier alpha value is -2.46. The highest BCUT2D eigenvalue weighted by Crippen LogP contribution is 2.60. The summed E-state index contributed by atoms with van der Waals surface area (Å²) >= 11 is 10.1. The lowest BCUT2D eigenvalue weighted by Gasteiger charge is -2.37. The average Bonchev–Trinajstić information content (AvgIpc) is 3.52. The maximum atomic E-state index is 14.3. The standard InChI is InChI=1S/C29H33BrClN3O5/c1-3-12-32-26(36)21-22-28(38)34(18(15-35)13-17-9-5-4-6-10-17)25(29(22)14-19(30)24(21)39-29)27(37)33-23-16(2)8-7-11-20(23)31/h4-11,18-19,21-22,24-25,35H,3,12-15H2,1-2H3,(H,32,36)(H,33,37)/t18-,19?,21-,22+,24-,25?,29?/m1/s1. The van der Waals surface area contributed by atoms with E-state index in [2.05, 4.69) is 26.6 Å². The van der Waals surface area contributed by atoms with E-state index in [0.717, 1.165) is 17.5 Å². The molecule has 0 aromatic heterocycles. The zero-order chi connectivity index (χ0) is 27.9. The minimum atomic E-state index is -1.23. The second-order valence-corrected chi connectivity index (χ2v) is 12.2. The van der Waals surface area contributed by atoms with E-state index in [1.165, 1.54) is 4.90 Å². The zero-order valence-electron chi connectivity index (χ0n) is 21.9. The van der Waals surface area contributed by atoms with E-state index in [9.17, 15) is 19.5 Å². The maximum Gasteiger partial charge on any atom is 0.250 e. The van der Waals surface area contributed by atoms with E-state index >= 15 is 0 Å². The third-order valence-corrected chi connectivity index (χ3v) is 9.38. The summed E-state index contributed by atoms with van der Waals surface area (Å²) in [7, 11) is 0. The van der Waals surface area contributed by atoms with Crippen LogP contribution in [0.25, 0.3) is 0 Å². The van der Waals surface area contributed by atoms with Gasteiger partial charge in [0, 0.05) is 11.4 Å². The van der Waals surface area contributed by atoms with Gasteiger partial charge in [0.05, 0.1) is 41.3 Å².